The number of hydrogen-bond acceptors (Lipinski definition) is 4. The van der Waals surface area contributed by atoms with Gasteiger partial charge >= 0.3 is 0 Å². The summed E-state index contributed by atoms with van der Waals surface area (Å²) in [6, 6.07) is 30.4. The summed E-state index contributed by atoms with van der Waals surface area (Å²) >= 11 is 0. The first kappa shape index (κ1) is 24.3. The molecule has 3 aromatic heterocycles. The van der Waals surface area contributed by atoms with Crippen molar-refractivity contribution < 1.29 is 4.79 Å². The van der Waals surface area contributed by atoms with Gasteiger partial charge in [0.15, 0.2) is 5.65 Å². The maximum Gasteiger partial charge on any atom is 0.242 e. The van der Waals surface area contributed by atoms with Gasteiger partial charge in [0.05, 0.1) is 17.1 Å². The molecule has 39 heavy (non-hydrogen) atoms. The molecule has 0 saturated heterocycles. The van der Waals surface area contributed by atoms with Gasteiger partial charge in [0.25, 0.3) is 0 Å². The molecule has 0 fully saturated rings. The first-order valence-electron chi connectivity index (χ1n) is 12.9. The van der Waals surface area contributed by atoms with Crippen LogP contribution in [0.4, 0.5) is 0 Å². The van der Waals surface area contributed by atoms with Crippen molar-refractivity contribution in [3.05, 3.63) is 120 Å². The molecule has 0 saturated carbocycles. The van der Waals surface area contributed by atoms with Gasteiger partial charge in [-0.3, -0.25) is 4.79 Å². The Morgan fingerprint density at radius 2 is 1.54 bits per heavy atom. The molecule has 6 aromatic rings. The van der Waals surface area contributed by atoms with Crippen LogP contribution in [-0.2, 0) is 17.9 Å². The molecule has 0 aliphatic heterocycles. The Balaban J connectivity index is 1.25. The third kappa shape index (κ3) is 4.94. The number of benzene rings is 3. The monoisotopic (exact) mass is 512 g/mol. The van der Waals surface area contributed by atoms with Crippen LogP contribution in [0.15, 0.2) is 103 Å². The van der Waals surface area contributed by atoms with Gasteiger partial charge in [-0.25, -0.2) is 14.3 Å². The summed E-state index contributed by atoms with van der Waals surface area (Å²) in [4.78, 5) is 17.7. The molecule has 0 atom stereocenters. The van der Waals surface area contributed by atoms with Crippen LogP contribution in [0.3, 0.4) is 0 Å². The number of para-hydroxylation sites is 1. The lowest BCUT2D eigenvalue weighted by Gasteiger charge is -2.07. The number of rotatable bonds is 7. The number of hydrogen-bond donors (Lipinski definition) is 1. The van der Waals surface area contributed by atoms with Crippen molar-refractivity contribution in [1.29, 1.82) is 0 Å². The Kier molecular flexibility index (Phi) is 6.47. The smallest absolute Gasteiger partial charge is 0.242 e. The Labute approximate surface area is 226 Å². The average molecular weight is 513 g/mol. The largest absolute Gasteiger partial charge is 0.350 e. The quantitative estimate of drug-likeness (QED) is 0.290. The number of nitrogens with zero attached hydrogens (tertiary/aromatic N) is 5. The lowest BCUT2D eigenvalue weighted by molar-refractivity contribution is -0.121. The van der Waals surface area contributed by atoms with Crippen molar-refractivity contribution in [2.24, 2.45) is 0 Å². The van der Waals surface area contributed by atoms with E-state index in [1.165, 1.54) is 5.56 Å². The number of nitrogens with one attached hydrogen (secondary N) is 1. The first-order chi connectivity index (χ1) is 19.1. The normalized spacial score (nSPS) is 11.1. The number of carbonyl (C=O) groups is 1. The minimum Gasteiger partial charge on any atom is -0.350 e. The molecule has 1 N–H and O–H groups in total. The fourth-order valence-corrected chi connectivity index (χ4v) is 4.84. The van der Waals surface area contributed by atoms with Gasteiger partial charge in [-0.05, 0) is 43.2 Å². The Morgan fingerprint density at radius 1 is 0.821 bits per heavy atom. The van der Waals surface area contributed by atoms with Gasteiger partial charge in [-0.1, -0.05) is 78.4 Å². The van der Waals surface area contributed by atoms with Crippen molar-refractivity contribution in [3.8, 4) is 28.1 Å². The number of aryl methyl sites for hydroxylation is 2. The van der Waals surface area contributed by atoms with E-state index in [1.54, 1.807) is 10.9 Å². The van der Waals surface area contributed by atoms with Crippen LogP contribution in [0.25, 0.3) is 39.1 Å². The van der Waals surface area contributed by atoms with Crippen LogP contribution in [0, 0.1) is 13.8 Å². The zero-order valence-corrected chi connectivity index (χ0v) is 21.9. The maximum atomic E-state index is 13.1. The van der Waals surface area contributed by atoms with Gasteiger partial charge in [-0.2, -0.15) is 10.2 Å². The zero-order valence-electron chi connectivity index (χ0n) is 21.9. The van der Waals surface area contributed by atoms with Crippen LogP contribution >= 0.6 is 0 Å². The van der Waals surface area contributed by atoms with Gasteiger partial charge in [0, 0.05) is 35.5 Å². The van der Waals surface area contributed by atoms with Crippen molar-refractivity contribution >= 4 is 16.9 Å². The van der Waals surface area contributed by atoms with Gasteiger partial charge < -0.3 is 5.32 Å². The average Bonchev–Trinajstić information content (AvgIpc) is 3.54. The first-order valence-corrected chi connectivity index (χ1v) is 12.9. The highest BCUT2D eigenvalue weighted by molar-refractivity contribution is 5.95. The molecule has 0 unspecified atom stereocenters. The standard InChI is InChI=1S/C32H28N6O/c1-22-13-15-24(16-14-22)28-17-18-33-32-30(28)23(2)35-38(32)21-29(39)34-19-26-20-37(27-11-7-4-8-12-27)36-31(26)25-9-5-3-6-10-25/h3-18,20H,19,21H2,1-2H3,(H,34,39). The number of pyridine rings is 1. The van der Waals surface area contributed by atoms with Crippen molar-refractivity contribution in [1.82, 2.24) is 29.9 Å². The van der Waals surface area contributed by atoms with Crippen LogP contribution < -0.4 is 5.32 Å². The molecule has 0 aliphatic carbocycles. The Morgan fingerprint density at radius 3 is 2.28 bits per heavy atom. The summed E-state index contributed by atoms with van der Waals surface area (Å²) in [6.07, 6.45) is 3.75. The minimum atomic E-state index is -0.145. The van der Waals surface area contributed by atoms with Crippen LogP contribution in [0.1, 0.15) is 16.8 Å². The summed E-state index contributed by atoms with van der Waals surface area (Å²) < 4.78 is 3.54. The molecule has 0 radical (unpaired) electrons. The maximum absolute atomic E-state index is 13.1. The topological polar surface area (TPSA) is 77.6 Å². The molecule has 7 nitrogen and oxygen atoms in total. The predicted molar refractivity (Wildman–Crippen MR) is 153 cm³/mol. The predicted octanol–water partition coefficient (Wildman–Crippen LogP) is 5.88. The molecule has 192 valence electrons. The van der Waals surface area contributed by atoms with Gasteiger partial charge in [0.2, 0.25) is 5.91 Å². The van der Waals surface area contributed by atoms with E-state index in [1.807, 2.05) is 84.5 Å². The van der Waals surface area contributed by atoms with Gasteiger partial charge in [-0.15, -0.1) is 0 Å². The summed E-state index contributed by atoms with van der Waals surface area (Å²) in [6.45, 7) is 4.45. The summed E-state index contributed by atoms with van der Waals surface area (Å²) in [5.41, 5.74) is 8.63. The lowest BCUT2D eigenvalue weighted by atomic mass is 10.0. The van der Waals surface area contributed by atoms with Gasteiger partial charge in [0.1, 0.15) is 6.54 Å². The van der Waals surface area contributed by atoms with Crippen LogP contribution in [-0.4, -0.2) is 30.5 Å². The second-order valence-electron chi connectivity index (χ2n) is 9.59. The molecule has 7 heteroatoms. The van der Waals surface area contributed by atoms with E-state index < -0.39 is 0 Å². The molecular formula is C32H28N6O. The number of amides is 1. The fourth-order valence-electron chi connectivity index (χ4n) is 4.84. The van der Waals surface area contributed by atoms with Crippen molar-refractivity contribution in [2.45, 2.75) is 26.9 Å². The van der Waals surface area contributed by atoms with Crippen LogP contribution in [0.5, 0.6) is 0 Å². The molecule has 0 spiro atoms. The summed E-state index contributed by atoms with van der Waals surface area (Å²) in [5, 5.41) is 13.5. The zero-order chi connectivity index (χ0) is 26.8. The molecule has 6 rings (SSSR count). The molecule has 1 amide bonds. The van der Waals surface area contributed by atoms with E-state index in [4.69, 9.17) is 5.10 Å². The third-order valence-electron chi connectivity index (χ3n) is 6.80. The summed E-state index contributed by atoms with van der Waals surface area (Å²) in [7, 11) is 0. The second kappa shape index (κ2) is 10.4. The molecule has 3 heterocycles. The van der Waals surface area contributed by atoms with E-state index in [-0.39, 0.29) is 12.5 Å². The van der Waals surface area contributed by atoms with E-state index in [9.17, 15) is 4.79 Å². The fraction of sp³-hybridized carbons (Fsp3) is 0.125. The third-order valence-corrected chi connectivity index (χ3v) is 6.80. The number of carbonyl (C=O) groups excluding carboxylic acids is 1. The van der Waals surface area contributed by atoms with E-state index >= 15 is 0 Å². The van der Waals surface area contributed by atoms with E-state index in [0.717, 1.165) is 44.7 Å². The molecule has 0 aliphatic rings. The minimum absolute atomic E-state index is 0.0716. The SMILES string of the molecule is Cc1ccc(-c2ccnc3c2c(C)nn3CC(=O)NCc2cn(-c3ccccc3)nc2-c2ccccc2)cc1. The van der Waals surface area contributed by atoms with Crippen molar-refractivity contribution in [3.63, 3.8) is 0 Å². The number of fused-ring (bicyclic) bond motifs is 1. The number of aromatic nitrogens is 5. The Bertz CT molecular complexity index is 1750. The highest BCUT2D eigenvalue weighted by Crippen LogP contribution is 2.30. The Hall–Kier alpha value is -5.04. The molecule has 3 aromatic carbocycles. The van der Waals surface area contributed by atoms with E-state index in [0.29, 0.717) is 12.2 Å². The molecule has 0 bridgehead atoms. The van der Waals surface area contributed by atoms with E-state index in [2.05, 4.69) is 46.6 Å². The summed E-state index contributed by atoms with van der Waals surface area (Å²) in [5.74, 6) is -0.145. The highest BCUT2D eigenvalue weighted by atomic mass is 16.2. The lowest BCUT2D eigenvalue weighted by Crippen LogP contribution is -2.27. The van der Waals surface area contributed by atoms with Crippen LogP contribution in [0.2, 0.25) is 0 Å². The second-order valence-corrected chi connectivity index (χ2v) is 9.59. The highest BCUT2D eigenvalue weighted by Gasteiger charge is 2.17. The molecular weight excluding hydrogens is 484 g/mol. The van der Waals surface area contributed by atoms with Crippen molar-refractivity contribution in [2.75, 3.05) is 0 Å².